The molecule has 6 aliphatic rings. The number of ether oxygens (including phenoxy) is 2. The van der Waals surface area contributed by atoms with E-state index in [0.717, 1.165) is 57.6 Å². The molecule has 1 aromatic heterocycles. The average Bonchev–Trinajstić information content (AvgIpc) is 3.76. The van der Waals surface area contributed by atoms with Crippen LogP contribution in [0.25, 0.3) is 0 Å². The fourth-order valence-electron chi connectivity index (χ4n) is 13.2. The van der Waals surface area contributed by atoms with E-state index in [4.69, 9.17) is 25.3 Å². The van der Waals surface area contributed by atoms with Gasteiger partial charge in [-0.15, -0.1) is 0 Å². The van der Waals surface area contributed by atoms with E-state index >= 15 is 0 Å². The summed E-state index contributed by atoms with van der Waals surface area (Å²) in [5.74, 6) is 1.69. The standard InChI is InChI=1S/C42H69N5O4/c1-26(2)28(5)37(6)17-18-39(8)29-13-14-32-38(7)22-50-24-42(32,30(29)15-16-40(39,9)33(37)35(48)49)21-31(34(38)51-23-41(10,43)27(3)4)47-36(44-25-45-47)46-19-11-12-20-46/h15,25-29,31-34H,11-14,16-24,43H2,1-10H3,(H,48,49)/t28-,29+,31-,32+,33-,34+,37-,38-,39-,40+,41+,42+/m1/s1. The number of hydrogen-bond acceptors (Lipinski definition) is 7. The van der Waals surface area contributed by atoms with E-state index < -0.39 is 17.4 Å². The molecule has 2 saturated heterocycles. The lowest BCUT2D eigenvalue weighted by atomic mass is 9.34. The molecule has 4 aliphatic carbocycles. The van der Waals surface area contributed by atoms with Crippen molar-refractivity contribution < 1.29 is 19.4 Å². The van der Waals surface area contributed by atoms with E-state index in [2.05, 4.69) is 84.9 Å². The molecule has 51 heavy (non-hydrogen) atoms. The zero-order chi connectivity index (χ0) is 36.9. The van der Waals surface area contributed by atoms with Gasteiger partial charge in [-0.2, -0.15) is 10.1 Å². The number of nitrogens with zero attached hydrogens (tertiary/aromatic N) is 4. The van der Waals surface area contributed by atoms with E-state index in [9.17, 15) is 9.90 Å². The van der Waals surface area contributed by atoms with Gasteiger partial charge in [0.2, 0.25) is 5.95 Å². The van der Waals surface area contributed by atoms with E-state index in [0.29, 0.717) is 43.5 Å². The summed E-state index contributed by atoms with van der Waals surface area (Å²) in [7, 11) is 0. The van der Waals surface area contributed by atoms with Crippen LogP contribution in [0, 0.1) is 62.6 Å². The molecular formula is C42H69N5O4. The largest absolute Gasteiger partial charge is 0.481 e. The van der Waals surface area contributed by atoms with Crippen LogP contribution in [0.3, 0.4) is 0 Å². The third-order valence-corrected chi connectivity index (χ3v) is 17.2. The van der Waals surface area contributed by atoms with Crippen molar-refractivity contribution in [3.63, 3.8) is 0 Å². The number of carboxylic acid groups (broad SMARTS) is 1. The summed E-state index contributed by atoms with van der Waals surface area (Å²) in [5.41, 5.74) is 6.82. The van der Waals surface area contributed by atoms with Crippen LogP contribution in [0.1, 0.15) is 127 Å². The number of carboxylic acids is 1. The van der Waals surface area contributed by atoms with Crippen molar-refractivity contribution >= 4 is 11.9 Å². The van der Waals surface area contributed by atoms with Crippen LogP contribution >= 0.6 is 0 Å². The maximum atomic E-state index is 13.5. The van der Waals surface area contributed by atoms with Crippen LogP contribution in [0.4, 0.5) is 5.95 Å². The van der Waals surface area contributed by atoms with Crippen LogP contribution in [-0.4, -0.2) is 70.4 Å². The fourth-order valence-corrected chi connectivity index (χ4v) is 13.2. The van der Waals surface area contributed by atoms with Crippen molar-refractivity contribution in [1.29, 1.82) is 0 Å². The van der Waals surface area contributed by atoms with Crippen molar-refractivity contribution in [3.05, 3.63) is 18.0 Å². The van der Waals surface area contributed by atoms with Gasteiger partial charge in [-0.1, -0.05) is 74.0 Å². The second-order valence-corrected chi connectivity index (χ2v) is 20.2. The van der Waals surface area contributed by atoms with E-state index in [1.807, 2.05) is 0 Å². The number of carbonyl (C=O) groups is 1. The van der Waals surface area contributed by atoms with Gasteiger partial charge in [0.15, 0.2) is 0 Å². The fraction of sp³-hybridized carbons (Fsp3) is 0.881. The maximum Gasteiger partial charge on any atom is 0.307 e. The van der Waals surface area contributed by atoms with Gasteiger partial charge in [0.25, 0.3) is 0 Å². The van der Waals surface area contributed by atoms with E-state index in [-0.39, 0.29) is 45.1 Å². The number of aromatic nitrogens is 3. The molecule has 286 valence electrons. The van der Waals surface area contributed by atoms with Crippen molar-refractivity contribution in [2.45, 2.75) is 138 Å². The molecule has 9 nitrogen and oxygen atoms in total. The van der Waals surface area contributed by atoms with Gasteiger partial charge in [0.1, 0.15) is 6.33 Å². The number of fused-ring (bicyclic) bond motifs is 3. The summed E-state index contributed by atoms with van der Waals surface area (Å²) in [6.07, 6.45) is 12.4. The lowest BCUT2D eigenvalue weighted by molar-refractivity contribution is -0.252. The molecule has 5 fully saturated rings. The highest BCUT2D eigenvalue weighted by atomic mass is 16.5. The second-order valence-electron chi connectivity index (χ2n) is 20.2. The quantitative estimate of drug-likeness (QED) is 0.250. The number of aliphatic carboxylic acids is 1. The second kappa shape index (κ2) is 12.5. The molecule has 9 heteroatoms. The highest BCUT2D eigenvalue weighted by Crippen LogP contribution is 2.75. The third-order valence-electron chi connectivity index (χ3n) is 17.2. The SMILES string of the molecule is CC(C)[C@@H](C)[C@@]1(C)CC[C@]2(C)[C@H]3CC[C@@H]4[C@@]5(COC[C@@]4(C)[C@@H](OC[C@](C)(N)C(C)C)[C@H](n4ncnc4N4CCCC4)C5)C3=CC[C@@]2(C)[C@@H]1C(=O)O. The molecule has 12 atom stereocenters. The Morgan fingerprint density at radius 1 is 1.08 bits per heavy atom. The maximum absolute atomic E-state index is 13.5. The topological polar surface area (TPSA) is 116 Å². The first-order valence-electron chi connectivity index (χ1n) is 20.4. The monoisotopic (exact) mass is 708 g/mol. The predicted octanol–water partition coefficient (Wildman–Crippen LogP) is 7.77. The number of anilines is 1. The summed E-state index contributed by atoms with van der Waals surface area (Å²) in [5, 5.41) is 16.1. The zero-order valence-corrected chi connectivity index (χ0v) is 33.5. The van der Waals surface area contributed by atoms with Crippen LogP contribution in [0.2, 0.25) is 0 Å². The molecule has 0 unspecified atom stereocenters. The Morgan fingerprint density at radius 3 is 2.43 bits per heavy atom. The van der Waals surface area contributed by atoms with Crippen LogP contribution in [0.5, 0.6) is 0 Å². The van der Waals surface area contributed by atoms with Gasteiger partial charge in [-0.3, -0.25) is 4.79 Å². The van der Waals surface area contributed by atoms with E-state index in [1.54, 1.807) is 11.9 Å². The number of nitrogens with two attached hydrogens (primary N) is 1. The summed E-state index contributed by atoms with van der Waals surface area (Å²) < 4.78 is 16.2. The first-order chi connectivity index (χ1) is 23.9. The minimum Gasteiger partial charge on any atom is -0.481 e. The molecule has 1 aromatic rings. The molecular weight excluding hydrogens is 638 g/mol. The van der Waals surface area contributed by atoms with Gasteiger partial charge < -0.3 is 25.2 Å². The van der Waals surface area contributed by atoms with E-state index in [1.165, 1.54) is 12.8 Å². The smallest absolute Gasteiger partial charge is 0.307 e. The van der Waals surface area contributed by atoms with Crippen LogP contribution < -0.4 is 10.6 Å². The lowest BCUT2D eigenvalue weighted by Gasteiger charge is -2.71. The van der Waals surface area contributed by atoms with Crippen molar-refractivity contribution in [2.75, 3.05) is 37.8 Å². The van der Waals surface area contributed by atoms with Gasteiger partial charge in [-0.05, 0) is 104 Å². The Kier molecular flexibility index (Phi) is 9.19. The molecule has 0 amide bonds. The highest BCUT2D eigenvalue weighted by molar-refractivity contribution is 5.73. The lowest BCUT2D eigenvalue weighted by Crippen LogP contribution is -2.69. The molecule has 2 bridgehead atoms. The Bertz CT molecular complexity index is 1520. The van der Waals surface area contributed by atoms with Crippen LogP contribution in [-0.2, 0) is 14.3 Å². The molecule has 3 saturated carbocycles. The zero-order valence-electron chi connectivity index (χ0n) is 33.5. The summed E-state index contributed by atoms with van der Waals surface area (Å²) in [4.78, 5) is 20.8. The Balaban J connectivity index is 1.33. The normalized spacial score (nSPS) is 44.0. The molecule has 7 rings (SSSR count). The van der Waals surface area contributed by atoms with Crippen molar-refractivity contribution in [3.8, 4) is 0 Å². The highest BCUT2D eigenvalue weighted by Gasteiger charge is 2.72. The van der Waals surface area contributed by atoms with Gasteiger partial charge in [-0.25, -0.2) is 4.68 Å². The van der Waals surface area contributed by atoms with Gasteiger partial charge >= 0.3 is 5.97 Å². The van der Waals surface area contributed by atoms with Crippen molar-refractivity contribution in [1.82, 2.24) is 14.8 Å². The minimum absolute atomic E-state index is 0.0229. The Labute approximate surface area is 307 Å². The minimum atomic E-state index is -0.609. The average molecular weight is 708 g/mol. The number of hydrogen-bond donors (Lipinski definition) is 2. The summed E-state index contributed by atoms with van der Waals surface area (Å²) in [6.45, 7) is 26.7. The van der Waals surface area contributed by atoms with Crippen molar-refractivity contribution in [2.24, 2.45) is 68.3 Å². The first-order valence-corrected chi connectivity index (χ1v) is 20.4. The Hall–Kier alpha value is -1.97. The summed E-state index contributed by atoms with van der Waals surface area (Å²) in [6, 6.07) is -0.0229. The molecule has 2 aliphatic heterocycles. The van der Waals surface area contributed by atoms with Gasteiger partial charge in [0.05, 0.1) is 37.9 Å². The predicted molar refractivity (Wildman–Crippen MR) is 201 cm³/mol. The Morgan fingerprint density at radius 2 is 1.78 bits per heavy atom. The molecule has 0 aromatic carbocycles. The molecule has 3 N–H and O–H groups in total. The molecule has 3 heterocycles. The molecule has 0 radical (unpaired) electrons. The van der Waals surface area contributed by atoms with Crippen LogP contribution in [0.15, 0.2) is 18.0 Å². The summed E-state index contributed by atoms with van der Waals surface area (Å²) >= 11 is 0. The molecule has 0 spiro atoms. The number of rotatable bonds is 9. The van der Waals surface area contributed by atoms with Gasteiger partial charge in [0, 0.05) is 29.5 Å². The first kappa shape index (κ1) is 37.3. The number of allylic oxidation sites excluding steroid dienone is 1. The third kappa shape index (κ3) is 5.26.